The number of aliphatic imine (C=N–C) groups is 1. The molecular formula is C15H22N4O2. The Kier molecular flexibility index (Phi) is 5.43. The average molecular weight is 290 g/mol. The van der Waals surface area contributed by atoms with E-state index in [9.17, 15) is 4.79 Å². The second kappa shape index (κ2) is 7.52. The molecule has 21 heavy (non-hydrogen) atoms. The van der Waals surface area contributed by atoms with Gasteiger partial charge in [-0.25, -0.2) is 4.99 Å². The third-order valence-electron chi connectivity index (χ3n) is 3.30. The van der Waals surface area contributed by atoms with Crippen molar-refractivity contribution in [1.29, 1.82) is 0 Å². The van der Waals surface area contributed by atoms with Crippen LogP contribution in [0.1, 0.15) is 17.5 Å². The number of hydrogen-bond acceptors (Lipinski definition) is 3. The smallest absolute Gasteiger partial charge is 0.289 e. The van der Waals surface area contributed by atoms with Crippen molar-refractivity contribution in [3.63, 3.8) is 0 Å². The second-order valence-corrected chi connectivity index (χ2v) is 4.74. The molecular weight excluding hydrogens is 268 g/mol. The first-order chi connectivity index (χ1) is 10.3. The first-order valence-electron chi connectivity index (χ1n) is 7.23. The van der Waals surface area contributed by atoms with Crippen LogP contribution in [0.4, 0.5) is 0 Å². The number of nitrogens with one attached hydrogen (secondary N) is 1. The molecule has 1 fully saturated rings. The van der Waals surface area contributed by atoms with E-state index >= 15 is 0 Å². The van der Waals surface area contributed by atoms with Gasteiger partial charge in [0.25, 0.3) is 5.91 Å². The minimum absolute atomic E-state index is 0.0484. The molecule has 1 aliphatic heterocycles. The Labute approximate surface area is 125 Å². The Hall–Kier alpha value is -2.24. The predicted molar refractivity (Wildman–Crippen MR) is 82.4 cm³/mol. The maximum Gasteiger partial charge on any atom is 0.289 e. The third-order valence-corrected chi connectivity index (χ3v) is 3.30. The van der Waals surface area contributed by atoms with Crippen molar-refractivity contribution in [3.05, 3.63) is 36.8 Å². The summed E-state index contributed by atoms with van der Waals surface area (Å²) in [6.45, 7) is 9.99. The summed E-state index contributed by atoms with van der Waals surface area (Å²) >= 11 is 0. The van der Waals surface area contributed by atoms with Gasteiger partial charge < -0.3 is 19.5 Å². The number of piperazine rings is 1. The van der Waals surface area contributed by atoms with Crippen LogP contribution in [0.5, 0.6) is 0 Å². The van der Waals surface area contributed by atoms with Crippen LogP contribution in [0.2, 0.25) is 0 Å². The van der Waals surface area contributed by atoms with Crippen LogP contribution in [0.15, 0.2) is 40.5 Å². The summed E-state index contributed by atoms with van der Waals surface area (Å²) in [5.41, 5.74) is 0. The Balaban J connectivity index is 1.92. The number of furan rings is 1. The quantitative estimate of drug-likeness (QED) is 0.514. The minimum atomic E-state index is -0.0484. The molecule has 1 aromatic rings. The number of amides is 1. The normalized spacial score (nSPS) is 16.0. The highest BCUT2D eigenvalue weighted by atomic mass is 16.3. The Morgan fingerprint density at radius 3 is 2.71 bits per heavy atom. The van der Waals surface area contributed by atoms with Crippen LogP contribution in [-0.4, -0.2) is 60.9 Å². The molecule has 6 nitrogen and oxygen atoms in total. The zero-order chi connectivity index (χ0) is 15.1. The number of rotatable bonds is 4. The molecule has 1 aliphatic rings. The Morgan fingerprint density at radius 1 is 1.43 bits per heavy atom. The van der Waals surface area contributed by atoms with E-state index in [1.807, 2.05) is 11.8 Å². The summed E-state index contributed by atoms with van der Waals surface area (Å²) in [5.74, 6) is 1.23. The predicted octanol–water partition coefficient (Wildman–Crippen LogP) is 1.19. The summed E-state index contributed by atoms with van der Waals surface area (Å²) in [6.07, 6.45) is 3.29. The van der Waals surface area contributed by atoms with Crippen molar-refractivity contribution in [1.82, 2.24) is 15.1 Å². The van der Waals surface area contributed by atoms with Gasteiger partial charge in [-0.1, -0.05) is 6.08 Å². The zero-order valence-corrected chi connectivity index (χ0v) is 12.4. The lowest BCUT2D eigenvalue weighted by atomic mass is 10.3. The van der Waals surface area contributed by atoms with Gasteiger partial charge in [0.2, 0.25) is 0 Å². The van der Waals surface area contributed by atoms with E-state index in [1.165, 1.54) is 6.26 Å². The lowest BCUT2D eigenvalue weighted by molar-refractivity contribution is 0.0658. The molecule has 114 valence electrons. The lowest BCUT2D eigenvalue weighted by Gasteiger charge is -2.36. The summed E-state index contributed by atoms with van der Waals surface area (Å²) < 4.78 is 5.16. The van der Waals surface area contributed by atoms with Gasteiger partial charge in [-0.2, -0.15) is 0 Å². The molecule has 6 heteroatoms. The van der Waals surface area contributed by atoms with Gasteiger partial charge in [0.1, 0.15) is 0 Å². The van der Waals surface area contributed by atoms with Crippen LogP contribution >= 0.6 is 0 Å². The molecule has 1 saturated heterocycles. The SMILES string of the molecule is C=CCN=C(NCC)N1CCN(C(=O)c2ccco2)CC1. The van der Waals surface area contributed by atoms with Crippen molar-refractivity contribution >= 4 is 11.9 Å². The maximum atomic E-state index is 12.2. The maximum absolute atomic E-state index is 12.2. The highest BCUT2D eigenvalue weighted by Crippen LogP contribution is 2.09. The number of carbonyl (C=O) groups is 1. The minimum Gasteiger partial charge on any atom is -0.459 e. The van der Waals surface area contributed by atoms with Crippen molar-refractivity contribution in [2.75, 3.05) is 39.3 Å². The zero-order valence-electron chi connectivity index (χ0n) is 12.4. The van der Waals surface area contributed by atoms with E-state index in [1.54, 1.807) is 18.2 Å². The van der Waals surface area contributed by atoms with Crippen LogP contribution < -0.4 is 5.32 Å². The first kappa shape index (κ1) is 15.2. The number of carbonyl (C=O) groups excluding carboxylic acids is 1. The van der Waals surface area contributed by atoms with Crippen LogP contribution in [0.25, 0.3) is 0 Å². The van der Waals surface area contributed by atoms with E-state index < -0.39 is 0 Å². The molecule has 0 aliphatic carbocycles. The first-order valence-corrected chi connectivity index (χ1v) is 7.23. The van der Waals surface area contributed by atoms with Crippen molar-refractivity contribution in [2.24, 2.45) is 4.99 Å². The van der Waals surface area contributed by atoms with Gasteiger partial charge in [0.05, 0.1) is 12.8 Å². The highest BCUT2D eigenvalue weighted by Gasteiger charge is 2.24. The highest BCUT2D eigenvalue weighted by molar-refractivity contribution is 5.91. The molecule has 1 aromatic heterocycles. The van der Waals surface area contributed by atoms with Gasteiger partial charge in [0, 0.05) is 32.7 Å². The summed E-state index contributed by atoms with van der Waals surface area (Å²) in [6, 6.07) is 3.43. The van der Waals surface area contributed by atoms with Crippen LogP contribution in [0.3, 0.4) is 0 Å². The van der Waals surface area contributed by atoms with Gasteiger partial charge in [-0.3, -0.25) is 4.79 Å². The van der Waals surface area contributed by atoms with Crippen LogP contribution in [-0.2, 0) is 0 Å². The van der Waals surface area contributed by atoms with Gasteiger partial charge >= 0.3 is 0 Å². The Bertz CT molecular complexity index is 488. The molecule has 2 rings (SSSR count). The van der Waals surface area contributed by atoms with Gasteiger partial charge in [-0.05, 0) is 19.1 Å². The summed E-state index contributed by atoms with van der Waals surface area (Å²) in [4.78, 5) is 20.6. The van der Waals surface area contributed by atoms with E-state index in [4.69, 9.17) is 4.42 Å². The summed E-state index contributed by atoms with van der Waals surface area (Å²) in [5, 5.41) is 3.26. The molecule has 0 unspecified atom stereocenters. The topological polar surface area (TPSA) is 61.1 Å². The van der Waals surface area contributed by atoms with Crippen molar-refractivity contribution < 1.29 is 9.21 Å². The summed E-state index contributed by atoms with van der Waals surface area (Å²) in [7, 11) is 0. The number of guanidine groups is 1. The number of hydrogen-bond donors (Lipinski definition) is 1. The molecule has 0 aromatic carbocycles. The molecule has 0 spiro atoms. The molecule has 0 bridgehead atoms. The van der Waals surface area contributed by atoms with E-state index in [2.05, 4.69) is 21.8 Å². The number of nitrogens with zero attached hydrogens (tertiary/aromatic N) is 3. The van der Waals surface area contributed by atoms with Gasteiger partial charge in [0.15, 0.2) is 11.7 Å². The van der Waals surface area contributed by atoms with E-state index in [0.29, 0.717) is 25.4 Å². The molecule has 1 N–H and O–H groups in total. The monoisotopic (exact) mass is 290 g/mol. The fraction of sp³-hybridized carbons (Fsp3) is 0.467. The average Bonchev–Trinajstić information content (AvgIpc) is 3.05. The van der Waals surface area contributed by atoms with Gasteiger partial charge in [-0.15, -0.1) is 6.58 Å². The Morgan fingerprint density at radius 2 is 2.14 bits per heavy atom. The largest absolute Gasteiger partial charge is 0.459 e. The second-order valence-electron chi connectivity index (χ2n) is 4.74. The van der Waals surface area contributed by atoms with Crippen LogP contribution in [0, 0.1) is 0 Å². The lowest BCUT2D eigenvalue weighted by Crippen LogP contribution is -2.53. The molecule has 1 amide bonds. The molecule has 2 heterocycles. The fourth-order valence-corrected chi connectivity index (χ4v) is 2.25. The third kappa shape index (κ3) is 3.87. The van der Waals surface area contributed by atoms with Crippen molar-refractivity contribution in [2.45, 2.75) is 6.92 Å². The molecule has 0 atom stereocenters. The van der Waals surface area contributed by atoms with E-state index in [0.717, 1.165) is 25.6 Å². The van der Waals surface area contributed by atoms with E-state index in [-0.39, 0.29) is 5.91 Å². The molecule has 0 radical (unpaired) electrons. The standard InChI is InChI=1S/C15H22N4O2/c1-3-7-17-15(16-4-2)19-10-8-18(9-11-19)14(20)13-6-5-12-21-13/h3,5-6,12H,1,4,7-11H2,2H3,(H,16,17). The molecule has 0 saturated carbocycles. The van der Waals surface area contributed by atoms with Crippen molar-refractivity contribution in [3.8, 4) is 0 Å². The fourth-order valence-electron chi connectivity index (χ4n) is 2.25.